The van der Waals surface area contributed by atoms with Gasteiger partial charge in [-0.3, -0.25) is 4.79 Å². The molecule has 0 saturated heterocycles. The van der Waals surface area contributed by atoms with Crippen LogP contribution in [0.4, 0.5) is 0 Å². The number of ether oxygens (including phenoxy) is 2. The van der Waals surface area contributed by atoms with Crippen LogP contribution >= 0.6 is 0 Å². The second-order valence-electron chi connectivity index (χ2n) is 7.18. The molecule has 0 aromatic heterocycles. The molecule has 6 nitrogen and oxygen atoms in total. The molecule has 2 rings (SSSR count). The van der Waals surface area contributed by atoms with Gasteiger partial charge in [-0.15, -0.1) is 0 Å². The molecule has 0 fully saturated rings. The van der Waals surface area contributed by atoms with Crippen molar-refractivity contribution >= 4 is 5.91 Å². The molecule has 1 N–H and O–H groups in total. The van der Waals surface area contributed by atoms with Gasteiger partial charge < -0.3 is 19.7 Å². The summed E-state index contributed by atoms with van der Waals surface area (Å²) in [4.78, 5) is 14.7. The van der Waals surface area contributed by atoms with Crippen molar-refractivity contribution in [3.05, 3.63) is 71.4 Å². The van der Waals surface area contributed by atoms with Crippen molar-refractivity contribution in [1.82, 2.24) is 10.2 Å². The molecule has 0 spiro atoms. The summed E-state index contributed by atoms with van der Waals surface area (Å²) in [6.07, 6.45) is 1.49. The molecule has 0 radical (unpaired) electrons. The number of hydrogen-bond donors (Lipinski definition) is 1. The van der Waals surface area contributed by atoms with Crippen molar-refractivity contribution in [3.63, 3.8) is 0 Å². The molecule has 0 heterocycles. The summed E-state index contributed by atoms with van der Waals surface area (Å²) >= 11 is 0. The Morgan fingerprint density at radius 1 is 1.10 bits per heavy atom. The number of rotatable bonds is 9. The Balaban J connectivity index is 2.17. The van der Waals surface area contributed by atoms with E-state index in [1.54, 1.807) is 19.1 Å². The molecule has 30 heavy (non-hydrogen) atoms. The molecule has 0 saturated carbocycles. The van der Waals surface area contributed by atoms with E-state index in [0.717, 1.165) is 11.1 Å². The minimum Gasteiger partial charge on any atom is -0.493 e. The maximum absolute atomic E-state index is 13.0. The number of carbonyl (C=O) groups excluding carboxylic acids is 1. The molecule has 0 bridgehead atoms. The van der Waals surface area contributed by atoms with Crippen molar-refractivity contribution < 1.29 is 14.3 Å². The van der Waals surface area contributed by atoms with E-state index in [-0.39, 0.29) is 23.6 Å². The molecule has 0 aliphatic heterocycles. The minimum atomic E-state index is -0.302. The van der Waals surface area contributed by atoms with Crippen LogP contribution in [0, 0.1) is 11.3 Å². The van der Waals surface area contributed by atoms with Crippen LogP contribution < -0.4 is 14.8 Å². The SMILES string of the molecule is COc1ccc(C(C)N/C=C(/C#N)C(=O)N(Cc2ccccc2)C(C)C)cc1OC. The number of nitriles is 1. The number of nitrogens with one attached hydrogen (secondary N) is 1. The third-order valence-electron chi connectivity index (χ3n) is 4.82. The zero-order chi connectivity index (χ0) is 22.1. The number of carbonyl (C=O) groups is 1. The Labute approximate surface area is 178 Å². The van der Waals surface area contributed by atoms with Crippen molar-refractivity contribution in [2.75, 3.05) is 14.2 Å². The average Bonchev–Trinajstić information content (AvgIpc) is 2.77. The molecule has 6 heteroatoms. The molecule has 0 aliphatic carbocycles. The molecular weight excluding hydrogens is 378 g/mol. The Morgan fingerprint density at radius 2 is 1.77 bits per heavy atom. The van der Waals surface area contributed by atoms with Crippen LogP contribution in [0.1, 0.15) is 37.9 Å². The van der Waals surface area contributed by atoms with Crippen molar-refractivity contribution in [2.45, 2.75) is 39.4 Å². The molecule has 1 amide bonds. The highest BCUT2D eigenvalue weighted by molar-refractivity contribution is 5.97. The summed E-state index contributed by atoms with van der Waals surface area (Å²) in [7, 11) is 3.17. The maximum atomic E-state index is 13.0. The predicted molar refractivity (Wildman–Crippen MR) is 117 cm³/mol. The number of nitrogens with zero attached hydrogens (tertiary/aromatic N) is 2. The van der Waals surface area contributed by atoms with Crippen LogP contribution in [0.25, 0.3) is 0 Å². The lowest BCUT2D eigenvalue weighted by Crippen LogP contribution is -2.37. The second-order valence-corrected chi connectivity index (χ2v) is 7.18. The van der Waals surface area contributed by atoms with Gasteiger partial charge in [0.2, 0.25) is 0 Å². The lowest BCUT2D eigenvalue weighted by atomic mass is 10.1. The number of amides is 1. The van der Waals surface area contributed by atoms with E-state index >= 15 is 0 Å². The summed E-state index contributed by atoms with van der Waals surface area (Å²) < 4.78 is 10.6. The zero-order valence-corrected chi connectivity index (χ0v) is 18.2. The van der Waals surface area contributed by atoms with Gasteiger partial charge in [0.1, 0.15) is 11.6 Å². The Hall–Kier alpha value is -3.46. The Morgan fingerprint density at radius 3 is 2.33 bits per heavy atom. The van der Waals surface area contributed by atoms with E-state index in [4.69, 9.17) is 9.47 Å². The third kappa shape index (κ3) is 5.77. The van der Waals surface area contributed by atoms with E-state index in [1.165, 1.54) is 6.20 Å². The van der Waals surface area contributed by atoms with Gasteiger partial charge in [0.15, 0.2) is 11.5 Å². The first kappa shape index (κ1) is 22.8. The van der Waals surface area contributed by atoms with Gasteiger partial charge >= 0.3 is 0 Å². The Kier molecular flexibility index (Phi) is 8.30. The average molecular weight is 408 g/mol. The zero-order valence-electron chi connectivity index (χ0n) is 18.2. The highest BCUT2D eigenvalue weighted by atomic mass is 16.5. The van der Waals surface area contributed by atoms with E-state index in [1.807, 2.05) is 75.4 Å². The summed E-state index contributed by atoms with van der Waals surface area (Å²) in [5, 5.41) is 12.7. The van der Waals surface area contributed by atoms with E-state index in [0.29, 0.717) is 18.0 Å². The van der Waals surface area contributed by atoms with Gasteiger partial charge in [-0.05, 0) is 44.0 Å². The summed E-state index contributed by atoms with van der Waals surface area (Å²) in [6.45, 7) is 6.27. The van der Waals surface area contributed by atoms with Crippen LogP contribution in [0.15, 0.2) is 60.3 Å². The number of hydrogen-bond acceptors (Lipinski definition) is 5. The smallest absolute Gasteiger partial charge is 0.266 e. The molecule has 0 aliphatic rings. The van der Waals surface area contributed by atoms with Crippen molar-refractivity contribution in [3.8, 4) is 17.6 Å². The normalized spacial score (nSPS) is 12.1. The number of methoxy groups -OCH3 is 2. The predicted octanol–water partition coefficient (Wildman–Crippen LogP) is 4.20. The molecule has 158 valence electrons. The topological polar surface area (TPSA) is 74.6 Å². The Bertz CT molecular complexity index is 917. The fourth-order valence-electron chi connectivity index (χ4n) is 2.99. The molecule has 1 unspecified atom stereocenters. The van der Waals surface area contributed by atoms with Crippen LogP contribution in [-0.2, 0) is 11.3 Å². The van der Waals surface area contributed by atoms with E-state index in [2.05, 4.69) is 5.32 Å². The van der Waals surface area contributed by atoms with Crippen LogP contribution in [0.3, 0.4) is 0 Å². The van der Waals surface area contributed by atoms with Gasteiger partial charge in [-0.1, -0.05) is 36.4 Å². The highest BCUT2D eigenvalue weighted by Crippen LogP contribution is 2.29. The van der Waals surface area contributed by atoms with Gasteiger partial charge in [0.05, 0.1) is 14.2 Å². The van der Waals surface area contributed by atoms with Gasteiger partial charge in [-0.25, -0.2) is 0 Å². The highest BCUT2D eigenvalue weighted by Gasteiger charge is 2.21. The monoisotopic (exact) mass is 407 g/mol. The largest absolute Gasteiger partial charge is 0.493 e. The van der Waals surface area contributed by atoms with Crippen LogP contribution in [0.2, 0.25) is 0 Å². The second kappa shape index (κ2) is 10.9. The van der Waals surface area contributed by atoms with E-state index < -0.39 is 0 Å². The van der Waals surface area contributed by atoms with Crippen LogP contribution in [0.5, 0.6) is 11.5 Å². The van der Waals surface area contributed by atoms with Gasteiger partial charge in [0, 0.05) is 24.8 Å². The summed E-state index contributed by atoms with van der Waals surface area (Å²) in [5.41, 5.74) is 2.02. The van der Waals surface area contributed by atoms with Crippen molar-refractivity contribution in [1.29, 1.82) is 5.26 Å². The fraction of sp³-hybridized carbons (Fsp3) is 0.333. The fourth-order valence-corrected chi connectivity index (χ4v) is 2.99. The van der Waals surface area contributed by atoms with Crippen molar-refractivity contribution in [2.24, 2.45) is 0 Å². The molecule has 1 atom stereocenters. The third-order valence-corrected chi connectivity index (χ3v) is 4.82. The number of benzene rings is 2. The summed E-state index contributed by atoms with van der Waals surface area (Å²) in [6, 6.07) is 17.2. The molecule has 2 aromatic carbocycles. The first-order valence-corrected chi connectivity index (χ1v) is 9.84. The maximum Gasteiger partial charge on any atom is 0.266 e. The summed E-state index contributed by atoms with van der Waals surface area (Å²) in [5.74, 6) is 0.965. The molecule has 2 aromatic rings. The first-order valence-electron chi connectivity index (χ1n) is 9.84. The molecular formula is C24H29N3O3. The van der Waals surface area contributed by atoms with Gasteiger partial charge in [0.25, 0.3) is 5.91 Å². The standard InChI is InChI=1S/C24H29N3O3/c1-17(2)27(16-19-9-7-6-8-10-19)24(28)21(14-25)15-26-18(3)20-11-12-22(29-4)23(13-20)30-5/h6-13,15,17-18,26H,16H2,1-5H3/b21-15-. The quantitative estimate of drug-likeness (QED) is 0.498. The van der Waals surface area contributed by atoms with E-state index in [9.17, 15) is 10.1 Å². The minimum absolute atomic E-state index is 0.0438. The lowest BCUT2D eigenvalue weighted by molar-refractivity contribution is -0.129. The van der Waals surface area contributed by atoms with Crippen LogP contribution in [-0.4, -0.2) is 31.1 Å². The lowest BCUT2D eigenvalue weighted by Gasteiger charge is -2.27. The first-order chi connectivity index (χ1) is 14.4. The van der Waals surface area contributed by atoms with Gasteiger partial charge in [-0.2, -0.15) is 5.26 Å².